The number of carbonyl (C=O) groups is 3. The molecule has 0 aliphatic heterocycles. The molecule has 20 heavy (non-hydrogen) atoms. The Morgan fingerprint density at radius 1 is 1.30 bits per heavy atom. The Balaban J connectivity index is 2.79. The third-order valence-electron chi connectivity index (χ3n) is 2.31. The summed E-state index contributed by atoms with van der Waals surface area (Å²) in [6, 6.07) is 1.26. The van der Waals surface area contributed by atoms with Gasteiger partial charge in [-0.25, -0.2) is 9.78 Å². The zero-order chi connectivity index (χ0) is 15.3. The molecule has 0 saturated carbocycles. The number of carbonyl (C=O) groups excluding carboxylic acids is 2. The van der Waals surface area contributed by atoms with Crippen molar-refractivity contribution in [3.8, 4) is 0 Å². The molecule has 0 aliphatic rings. The van der Waals surface area contributed by atoms with Gasteiger partial charge >= 0.3 is 5.97 Å². The Kier molecular flexibility index (Phi) is 5.72. The van der Waals surface area contributed by atoms with Gasteiger partial charge in [0, 0.05) is 12.0 Å². The molecule has 1 heterocycles. The number of halogens is 2. The molecule has 0 spiro atoms. The van der Waals surface area contributed by atoms with Crippen LogP contribution in [0.1, 0.15) is 23.2 Å². The number of hydrogen-bond donors (Lipinski definition) is 3. The van der Waals surface area contributed by atoms with Crippen LogP contribution in [0.5, 0.6) is 0 Å². The fraction of sp³-hybridized carbons (Fsp3) is 0.273. The zero-order valence-electron chi connectivity index (χ0n) is 10.1. The smallest absolute Gasteiger partial charge is 0.326 e. The number of aliphatic carboxylic acids is 1. The van der Waals surface area contributed by atoms with Crippen molar-refractivity contribution in [3.63, 3.8) is 0 Å². The highest BCUT2D eigenvalue weighted by molar-refractivity contribution is 6.33. The lowest BCUT2D eigenvalue weighted by Crippen LogP contribution is -2.41. The molecule has 7 nitrogen and oxygen atoms in total. The van der Waals surface area contributed by atoms with Crippen LogP contribution in [0.4, 0.5) is 0 Å². The van der Waals surface area contributed by atoms with Gasteiger partial charge in [0.25, 0.3) is 5.91 Å². The first-order valence-corrected chi connectivity index (χ1v) is 6.20. The summed E-state index contributed by atoms with van der Waals surface area (Å²) in [6.07, 6.45) is -0.266. The minimum Gasteiger partial charge on any atom is -0.480 e. The van der Waals surface area contributed by atoms with E-state index in [9.17, 15) is 14.4 Å². The fourth-order valence-corrected chi connectivity index (χ4v) is 1.84. The highest BCUT2D eigenvalue weighted by atomic mass is 35.5. The first-order valence-electron chi connectivity index (χ1n) is 5.44. The van der Waals surface area contributed by atoms with Crippen LogP contribution in [0.2, 0.25) is 10.3 Å². The summed E-state index contributed by atoms with van der Waals surface area (Å²) in [5, 5.41) is 11.2. The number of rotatable bonds is 6. The molecule has 0 fully saturated rings. The molecule has 0 aromatic carbocycles. The standard InChI is InChI=1S/C11H11Cl2N3O4/c12-7-3-5(4-8(13)16-7)10(18)15-6(11(19)20)1-2-9(14)17/h3-4,6H,1-2H2,(H2,14,17)(H,15,18)(H,19,20)/t6-/m0/s1. The van der Waals surface area contributed by atoms with Gasteiger partial charge in [0.15, 0.2) is 0 Å². The van der Waals surface area contributed by atoms with E-state index in [4.69, 9.17) is 34.0 Å². The van der Waals surface area contributed by atoms with Crippen LogP contribution in [0.15, 0.2) is 12.1 Å². The molecule has 0 saturated heterocycles. The van der Waals surface area contributed by atoms with Gasteiger partial charge in [-0.2, -0.15) is 0 Å². The van der Waals surface area contributed by atoms with Crippen LogP contribution in [-0.2, 0) is 9.59 Å². The Bertz CT molecular complexity index is 530. The Morgan fingerprint density at radius 3 is 2.30 bits per heavy atom. The Labute approximate surface area is 124 Å². The van der Waals surface area contributed by atoms with Crippen molar-refractivity contribution in [2.24, 2.45) is 5.73 Å². The molecular formula is C11H11Cl2N3O4. The number of nitrogens with one attached hydrogen (secondary N) is 1. The molecule has 1 atom stereocenters. The second-order valence-corrected chi connectivity index (χ2v) is 4.65. The van der Waals surface area contributed by atoms with Crippen molar-refractivity contribution in [3.05, 3.63) is 28.0 Å². The average molecular weight is 320 g/mol. The molecule has 1 rings (SSSR count). The number of nitrogens with zero attached hydrogens (tertiary/aromatic N) is 1. The van der Waals surface area contributed by atoms with Crippen molar-refractivity contribution >= 4 is 41.0 Å². The summed E-state index contributed by atoms with van der Waals surface area (Å²) in [7, 11) is 0. The molecule has 108 valence electrons. The number of hydrogen-bond acceptors (Lipinski definition) is 4. The van der Waals surface area contributed by atoms with E-state index in [2.05, 4.69) is 10.3 Å². The van der Waals surface area contributed by atoms with E-state index in [-0.39, 0.29) is 28.7 Å². The molecule has 2 amide bonds. The summed E-state index contributed by atoms with van der Waals surface area (Å²) in [6.45, 7) is 0. The van der Waals surface area contributed by atoms with E-state index >= 15 is 0 Å². The lowest BCUT2D eigenvalue weighted by molar-refractivity contribution is -0.139. The van der Waals surface area contributed by atoms with Gasteiger partial charge in [-0.1, -0.05) is 23.2 Å². The van der Waals surface area contributed by atoms with E-state index in [0.717, 1.165) is 0 Å². The summed E-state index contributed by atoms with van der Waals surface area (Å²) in [5.41, 5.74) is 5.00. The fourth-order valence-electron chi connectivity index (χ4n) is 1.38. The third kappa shape index (κ3) is 5.02. The molecule has 0 bridgehead atoms. The largest absolute Gasteiger partial charge is 0.480 e. The monoisotopic (exact) mass is 319 g/mol. The van der Waals surface area contributed by atoms with Crippen molar-refractivity contribution in [1.29, 1.82) is 0 Å². The lowest BCUT2D eigenvalue weighted by Gasteiger charge is -2.13. The van der Waals surface area contributed by atoms with Gasteiger partial charge in [0.1, 0.15) is 16.3 Å². The maximum absolute atomic E-state index is 11.9. The molecule has 0 aliphatic carbocycles. The van der Waals surface area contributed by atoms with Gasteiger partial charge in [-0.3, -0.25) is 9.59 Å². The summed E-state index contributed by atoms with van der Waals surface area (Å²) >= 11 is 11.3. The van der Waals surface area contributed by atoms with Crippen molar-refractivity contribution in [2.75, 3.05) is 0 Å². The molecule has 9 heteroatoms. The average Bonchev–Trinajstić information content (AvgIpc) is 2.32. The SMILES string of the molecule is NC(=O)CC[C@H](NC(=O)c1cc(Cl)nc(Cl)c1)C(=O)O. The van der Waals surface area contributed by atoms with Gasteiger partial charge in [-0.05, 0) is 18.6 Å². The molecule has 0 radical (unpaired) electrons. The topological polar surface area (TPSA) is 122 Å². The number of primary amides is 1. The normalized spacial score (nSPS) is 11.7. The summed E-state index contributed by atoms with van der Waals surface area (Å²) in [5.74, 6) is -2.61. The molecule has 1 aromatic rings. The maximum Gasteiger partial charge on any atom is 0.326 e. The van der Waals surface area contributed by atoms with Crippen LogP contribution in [0.3, 0.4) is 0 Å². The van der Waals surface area contributed by atoms with E-state index in [1.807, 2.05) is 0 Å². The second-order valence-electron chi connectivity index (χ2n) is 3.87. The Morgan fingerprint density at radius 2 is 1.85 bits per heavy atom. The van der Waals surface area contributed by atoms with Crippen molar-refractivity contribution < 1.29 is 19.5 Å². The maximum atomic E-state index is 11.9. The second kappa shape index (κ2) is 7.06. The highest BCUT2D eigenvalue weighted by Gasteiger charge is 2.21. The molecule has 1 aromatic heterocycles. The van der Waals surface area contributed by atoms with Crippen LogP contribution < -0.4 is 11.1 Å². The first kappa shape index (κ1) is 16.2. The molecular weight excluding hydrogens is 309 g/mol. The van der Waals surface area contributed by atoms with Gasteiger partial charge in [0.2, 0.25) is 5.91 Å². The predicted molar refractivity (Wildman–Crippen MR) is 71.6 cm³/mol. The van der Waals surface area contributed by atoms with E-state index in [1.165, 1.54) is 12.1 Å². The lowest BCUT2D eigenvalue weighted by atomic mass is 10.1. The number of amides is 2. The van der Waals surface area contributed by atoms with Crippen molar-refractivity contribution in [2.45, 2.75) is 18.9 Å². The number of aromatic nitrogens is 1. The third-order valence-corrected chi connectivity index (χ3v) is 2.70. The first-order chi connectivity index (χ1) is 9.29. The Hall–Kier alpha value is -1.86. The van der Waals surface area contributed by atoms with Crippen LogP contribution in [0.25, 0.3) is 0 Å². The number of carboxylic acid groups (broad SMARTS) is 1. The minimum absolute atomic E-state index is 0.00617. The zero-order valence-corrected chi connectivity index (χ0v) is 11.6. The van der Waals surface area contributed by atoms with E-state index < -0.39 is 23.8 Å². The number of carboxylic acids is 1. The number of nitrogens with two attached hydrogens (primary N) is 1. The van der Waals surface area contributed by atoms with Crippen LogP contribution >= 0.6 is 23.2 Å². The predicted octanol–water partition coefficient (Wildman–Crippen LogP) is 0.837. The number of pyridine rings is 1. The highest BCUT2D eigenvalue weighted by Crippen LogP contribution is 2.15. The van der Waals surface area contributed by atoms with Crippen LogP contribution in [-0.4, -0.2) is 33.9 Å². The van der Waals surface area contributed by atoms with Crippen LogP contribution in [0, 0.1) is 0 Å². The van der Waals surface area contributed by atoms with Gasteiger partial charge in [0.05, 0.1) is 0 Å². The van der Waals surface area contributed by atoms with E-state index in [1.54, 1.807) is 0 Å². The summed E-state index contributed by atoms with van der Waals surface area (Å²) in [4.78, 5) is 37.2. The van der Waals surface area contributed by atoms with Crippen molar-refractivity contribution in [1.82, 2.24) is 10.3 Å². The quantitative estimate of drug-likeness (QED) is 0.670. The molecule has 0 unspecified atom stereocenters. The van der Waals surface area contributed by atoms with Gasteiger partial charge in [-0.15, -0.1) is 0 Å². The van der Waals surface area contributed by atoms with Gasteiger partial charge < -0.3 is 16.2 Å². The van der Waals surface area contributed by atoms with E-state index in [0.29, 0.717) is 0 Å². The summed E-state index contributed by atoms with van der Waals surface area (Å²) < 4.78 is 0. The minimum atomic E-state index is -1.27. The molecule has 4 N–H and O–H groups in total.